The summed E-state index contributed by atoms with van der Waals surface area (Å²) in [6.07, 6.45) is -0.778. The number of hydrogen-bond acceptors (Lipinski definition) is 6. The number of ether oxygens (including phenoxy) is 2. The number of aliphatic carboxylic acids is 1. The van der Waals surface area contributed by atoms with Crippen molar-refractivity contribution in [2.24, 2.45) is 0 Å². The van der Waals surface area contributed by atoms with Crippen LogP contribution in [0.15, 0.2) is 24.3 Å². The molecular weight excluding hydrogens is 342 g/mol. The molecule has 0 saturated heterocycles. The molecular formula is C18H26NO5S-. The molecule has 6 nitrogen and oxygen atoms in total. The first-order valence-electron chi connectivity index (χ1n) is 7.92. The summed E-state index contributed by atoms with van der Waals surface area (Å²) in [6, 6.07) is 6.33. The Kier molecular flexibility index (Phi) is 7.17. The van der Waals surface area contributed by atoms with Crippen LogP contribution < -0.4 is 15.2 Å². The zero-order valence-electron chi connectivity index (χ0n) is 15.5. The van der Waals surface area contributed by atoms with Crippen LogP contribution in [0.2, 0.25) is 0 Å². The molecule has 0 radical (unpaired) electrons. The molecule has 0 unspecified atom stereocenters. The highest BCUT2D eigenvalue weighted by molar-refractivity contribution is 7.99. The third-order valence-electron chi connectivity index (χ3n) is 3.36. The number of methoxy groups -OCH3 is 1. The van der Waals surface area contributed by atoms with Gasteiger partial charge in [-0.1, -0.05) is 12.1 Å². The summed E-state index contributed by atoms with van der Waals surface area (Å²) in [5.74, 6) is -0.0122. The lowest BCUT2D eigenvalue weighted by atomic mass is 10.0. The van der Waals surface area contributed by atoms with E-state index in [1.54, 1.807) is 41.7 Å². The highest BCUT2D eigenvalue weighted by Crippen LogP contribution is 2.32. The lowest BCUT2D eigenvalue weighted by Crippen LogP contribution is -2.58. The molecule has 0 fully saturated rings. The third-order valence-corrected chi connectivity index (χ3v) is 4.82. The van der Waals surface area contributed by atoms with Crippen LogP contribution in [0.4, 0.5) is 4.79 Å². The summed E-state index contributed by atoms with van der Waals surface area (Å²) in [4.78, 5) is 23.4. The Hall–Kier alpha value is -1.89. The predicted octanol–water partition coefficient (Wildman–Crippen LogP) is 2.35. The van der Waals surface area contributed by atoms with Gasteiger partial charge in [-0.3, -0.25) is 0 Å². The van der Waals surface area contributed by atoms with E-state index in [0.717, 1.165) is 11.3 Å². The van der Waals surface area contributed by atoms with Gasteiger partial charge in [-0.05, 0) is 52.3 Å². The lowest BCUT2D eigenvalue weighted by molar-refractivity contribution is -0.308. The van der Waals surface area contributed by atoms with Crippen LogP contribution in [0.25, 0.3) is 0 Å². The number of carboxylic acids is 1. The summed E-state index contributed by atoms with van der Waals surface area (Å²) in [6.45, 7) is 8.64. The standard InChI is InChI=1S/C18H27NO5S/c1-17(2,3)24-16(22)19-14(15(20)21)18(4,5)25-11-12-7-9-13(23-6)10-8-12/h7-10,14H,11H2,1-6H3,(H,19,22)(H,20,21)/p-1/t14-/m0/s1. The van der Waals surface area contributed by atoms with Crippen LogP contribution in [-0.4, -0.2) is 35.6 Å². The molecule has 0 bridgehead atoms. The number of carbonyl (C=O) groups excluding carboxylic acids is 2. The van der Waals surface area contributed by atoms with Crippen molar-refractivity contribution in [3.05, 3.63) is 29.8 Å². The Labute approximate surface area is 153 Å². The summed E-state index contributed by atoms with van der Waals surface area (Å²) in [5.41, 5.74) is 0.314. The zero-order valence-corrected chi connectivity index (χ0v) is 16.4. The average Bonchev–Trinajstić information content (AvgIpc) is 2.49. The van der Waals surface area contributed by atoms with Crippen molar-refractivity contribution in [2.75, 3.05) is 7.11 Å². The van der Waals surface area contributed by atoms with Gasteiger partial charge in [0.05, 0.1) is 19.1 Å². The largest absolute Gasteiger partial charge is 0.548 e. The number of carboxylic acid groups (broad SMARTS) is 1. The Morgan fingerprint density at radius 2 is 1.72 bits per heavy atom. The number of rotatable bonds is 7. The molecule has 0 heterocycles. The number of hydrogen-bond donors (Lipinski definition) is 1. The van der Waals surface area contributed by atoms with E-state index in [-0.39, 0.29) is 0 Å². The molecule has 0 aliphatic carbocycles. The smallest absolute Gasteiger partial charge is 0.408 e. The predicted molar refractivity (Wildman–Crippen MR) is 96.5 cm³/mol. The van der Waals surface area contributed by atoms with Crippen molar-refractivity contribution in [3.63, 3.8) is 0 Å². The van der Waals surface area contributed by atoms with Crippen molar-refractivity contribution >= 4 is 23.8 Å². The minimum absolute atomic E-state index is 0.580. The monoisotopic (exact) mass is 368 g/mol. The fourth-order valence-corrected chi connectivity index (χ4v) is 3.07. The van der Waals surface area contributed by atoms with Gasteiger partial charge in [0.25, 0.3) is 0 Å². The average molecular weight is 368 g/mol. The highest BCUT2D eigenvalue weighted by Gasteiger charge is 2.33. The molecule has 0 aromatic heterocycles. The molecule has 1 aromatic carbocycles. The van der Waals surface area contributed by atoms with E-state index in [1.807, 2.05) is 24.3 Å². The first kappa shape index (κ1) is 21.2. The molecule has 0 spiro atoms. The van der Waals surface area contributed by atoms with Gasteiger partial charge in [0, 0.05) is 10.5 Å². The zero-order chi connectivity index (χ0) is 19.3. The molecule has 0 saturated carbocycles. The first-order chi connectivity index (χ1) is 11.4. The van der Waals surface area contributed by atoms with Gasteiger partial charge in [-0.25, -0.2) is 4.79 Å². The van der Waals surface area contributed by atoms with Gasteiger partial charge in [-0.2, -0.15) is 0 Å². The number of benzene rings is 1. The second-order valence-electron chi connectivity index (χ2n) is 7.14. The van der Waals surface area contributed by atoms with E-state index >= 15 is 0 Å². The Bertz CT molecular complexity index is 592. The van der Waals surface area contributed by atoms with Gasteiger partial charge < -0.3 is 24.7 Å². The van der Waals surface area contributed by atoms with Crippen molar-refractivity contribution in [2.45, 2.75) is 56.8 Å². The van der Waals surface area contributed by atoms with E-state index in [4.69, 9.17) is 9.47 Å². The van der Waals surface area contributed by atoms with Crippen LogP contribution in [0, 0.1) is 0 Å². The first-order valence-corrected chi connectivity index (χ1v) is 8.90. The maximum absolute atomic E-state index is 11.9. The summed E-state index contributed by atoms with van der Waals surface area (Å²) >= 11 is 1.41. The van der Waals surface area contributed by atoms with Crippen LogP contribution in [0.1, 0.15) is 40.2 Å². The SMILES string of the molecule is COc1ccc(CSC(C)(C)[C@@H](NC(=O)OC(C)(C)C)C(=O)[O-])cc1. The van der Waals surface area contributed by atoms with Gasteiger partial charge in [0.2, 0.25) is 0 Å². The van der Waals surface area contributed by atoms with Crippen molar-refractivity contribution in [1.82, 2.24) is 5.32 Å². The molecule has 0 aliphatic rings. The molecule has 1 rings (SSSR count). The van der Waals surface area contributed by atoms with E-state index < -0.39 is 28.5 Å². The van der Waals surface area contributed by atoms with Gasteiger partial charge >= 0.3 is 6.09 Å². The van der Waals surface area contributed by atoms with Gasteiger partial charge in [0.1, 0.15) is 11.4 Å². The van der Waals surface area contributed by atoms with Crippen molar-refractivity contribution in [1.29, 1.82) is 0 Å². The number of thioether (sulfide) groups is 1. The molecule has 7 heteroatoms. The number of amides is 1. The molecule has 0 aliphatic heterocycles. The third kappa shape index (κ3) is 7.25. The Balaban J connectivity index is 2.75. The van der Waals surface area contributed by atoms with Crippen LogP contribution in [0.5, 0.6) is 5.75 Å². The number of carbonyl (C=O) groups is 2. The molecule has 1 amide bonds. The Morgan fingerprint density at radius 1 is 1.16 bits per heavy atom. The summed E-state index contributed by atoms with van der Waals surface area (Å²) in [5, 5.41) is 13.9. The quantitative estimate of drug-likeness (QED) is 0.795. The maximum atomic E-state index is 11.9. The maximum Gasteiger partial charge on any atom is 0.408 e. The fraction of sp³-hybridized carbons (Fsp3) is 0.556. The molecule has 25 heavy (non-hydrogen) atoms. The molecule has 1 N–H and O–H groups in total. The van der Waals surface area contributed by atoms with Crippen molar-refractivity contribution < 1.29 is 24.2 Å². The number of alkyl carbamates (subject to hydrolysis) is 1. The van der Waals surface area contributed by atoms with Crippen LogP contribution in [0.3, 0.4) is 0 Å². The summed E-state index contributed by atoms with van der Waals surface area (Å²) in [7, 11) is 1.60. The highest BCUT2D eigenvalue weighted by atomic mass is 32.2. The second-order valence-corrected chi connectivity index (χ2v) is 8.77. The van der Waals surface area contributed by atoms with E-state index in [0.29, 0.717) is 5.75 Å². The minimum Gasteiger partial charge on any atom is -0.548 e. The van der Waals surface area contributed by atoms with Crippen LogP contribution in [-0.2, 0) is 15.3 Å². The molecule has 1 atom stereocenters. The van der Waals surface area contributed by atoms with Crippen molar-refractivity contribution in [3.8, 4) is 5.75 Å². The lowest BCUT2D eigenvalue weighted by Gasteiger charge is -2.35. The van der Waals surface area contributed by atoms with E-state index in [2.05, 4.69) is 5.32 Å². The topological polar surface area (TPSA) is 87.7 Å². The molecule has 140 valence electrons. The van der Waals surface area contributed by atoms with Gasteiger partial charge in [-0.15, -0.1) is 11.8 Å². The van der Waals surface area contributed by atoms with Crippen LogP contribution >= 0.6 is 11.8 Å². The molecule has 1 aromatic rings. The van der Waals surface area contributed by atoms with E-state index in [1.165, 1.54) is 11.8 Å². The Morgan fingerprint density at radius 3 is 2.16 bits per heavy atom. The number of nitrogens with one attached hydrogen (secondary N) is 1. The van der Waals surface area contributed by atoms with E-state index in [9.17, 15) is 14.7 Å². The second kappa shape index (κ2) is 8.47. The fourth-order valence-electron chi connectivity index (χ4n) is 2.02. The minimum atomic E-state index is -1.35. The summed E-state index contributed by atoms with van der Waals surface area (Å²) < 4.78 is 9.46. The normalized spacial score (nSPS) is 13.0. The van der Waals surface area contributed by atoms with Gasteiger partial charge in [0.15, 0.2) is 0 Å².